The summed E-state index contributed by atoms with van der Waals surface area (Å²) < 4.78 is 0. The van der Waals surface area contributed by atoms with Gasteiger partial charge in [0.05, 0.1) is 5.02 Å². The lowest BCUT2D eigenvalue weighted by molar-refractivity contribution is 0.0798. The van der Waals surface area contributed by atoms with Gasteiger partial charge in [-0.1, -0.05) is 16.8 Å². The second-order valence-corrected chi connectivity index (χ2v) is 4.14. The van der Waals surface area contributed by atoms with Crippen molar-refractivity contribution < 1.29 is 15.1 Å². The molecule has 0 spiro atoms. The number of oxime groups is 1. The fourth-order valence-corrected chi connectivity index (χ4v) is 1.47. The average molecular weight is 272 g/mol. The molecule has 0 aromatic heterocycles. The maximum absolute atomic E-state index is 12.0. The first-order valence-electron chi connectivity index (χ1n) is 5.16. The summed E-state index contributed by atoms with van der Waals surface area (Å²) in [5.74, 6) is -0.284. The molecule has 1 aromatic rings. The predicted octanol–water partition coefficient (Wildman–Crippen LogP) is 1.25. The highest BCUT2D eigenvalue weighted by Gasteiger charge is 2.13. The summed E-state index contributed by atoms with van der Waals surface area (Å²) >= 11 is 5.72. The first-order chi connectivity index (χ1) is 8.45. The number of amidine groups is 1. The van der Waals surface area contributed by atoms with Crippen molar-refractivity contribution in [2.75, 3.05) is 13.6 Å². The van der Waals surface area contributed by atoms with Gasteiger partial charge in [0.15, 0.2) is 0 Å². The normalized spacial score (nSPS) is 11.3. The molecule has 98 valence electrons. The minimum atomic E-state index is -0.261. The maximum atomic E-state index is 12.0. The lowest BCUT2D eigenvalue weighted by Crippen LogP contribution is -2.30. The summed E-state index contributed by atoms with van der Waals surface area (Å²) in [6, 6.07) is 4.22. The zero-order valence-corrected chi connectivity index (χ0v) is 10.6. The van der Waals surface area contributed by atoms with Crippen molar-refractivity contribution in [2.45, 2.75) is 6.42 Å². The summed E-state index contributed by atoms with van der Waals surface area (Å²) in [7, 11) is 1.59. The molecule has 1 aromatic carbocycles. The highest BCUT2D eigenvalue weighted by atomic mass is 35.5. The Morgan fingerprint density at radius 3 is 2.78 bits per heavy atom. The van der Waals surface area contributed by atoms with Crippen molar-refractivity contribution in [3.8, 4) is 5.75 Å². The Morgan fingerprint density at radius 2 is 2.22 bits per heavy atom. The molecule has 1 rings (SSSR count). The Balaban J connectivity index is 2.71. The van der Waals surface area contributed by atoms with E-state index < -0.39 is 0 Å². The van der Waals surface area contributed by atoms with E-state index in [0.29, 0.717) is 12.1 Å². The van der Waals surface area contributed by atoms with Gasteiger partial charge >= 0.3 is 0 Å². The van der Waals surface area contributed by atoms with Gasteiger partial charge in [-0.3, -0.25) is 4.79 Å². The number of phenols is 1. The van der Waals surface area contributed by atoms with E-state index in [1.807, 2.05) is 0 Å². The highest BCUT2D eigenvalue weighted by molar-refractivity contribution is 6.32. The number of nitrogens with two attached hydrogens (primary N) is 1. The van der Waals surface area contributed by atoms with Gasteiger partial charge in [0.25, 0.3) is 5.91 Å². The van der Waals surface area contributed by atoms with Crippen molar-refractivity contribution in [1.29, 1.82) is 0 Å². The molecular formula is C11H14ClN3O3. The van der Waals surface area contributed by atoms with E-state index in [1.165, 1.54) is 23.1 Å². The van der Waals surface area contributed by atoms with Gasteiger partial charge in [0, 0.05) is 25.6 Å². The van der Waals surface area contributed by atoms with E-state index in [-0.39, 0.29) is 28.9 Å². The lowest BCUT2D eigenvalue weighted by atomic mass is 10.2. The Hall–Kier alpha value is -1.95. The molecule has 0 saturated heterocycles. The third-order valence-corrected chi connectivity index (χ3v) is 2.68. The molecule has 18 heavy (non-hydrogen) atoms. The van der Waals surface area contributed by atoms with Gasteiger partial charge in [-0.25, -0.2) is 0 Å². The van der Waals surface area contributed by atoms with Crippen molar-refractivity contribution in [3.05, 3.63) is 28.8 Å². The van der Waals surface area contributed by atoms with Crippen LogP contribution >= 0.6 is 11.6 Å². The number of nitrogens with zero attached hydrogens (tertiary/aromatic N) is 2. The molecule has 0 atom stereocenters. The molecule has 4 N–H and O–H groups in total. The number of halogens is 1. The number of phenolic OH excluding ortho intramolecular Hbond substituents is 1. The number of carbonyl (C=O) groups is 1. The van der Waals surface area contributed by atoms with Crippen LogP contribution in [0.3, 0.4) is 0 Å². The monoisotopic (exact) mass is 271 g/mol. The number of rotatable bonds is 4. The van der Waals surface area contributed by atoms with Crippen molar-refractivity contribution in [3.63, 3.8) is 0 Å². The van der Waals surface area contributed by atoms with E-state index in [0.717, 1.165) is 0 Å². The topological polar surface area (TPSA) is 99.1 Å². The minimum absolute atomic E-state index is 0.0541. The summed E-state index contributed by atoms with van der Waals surface area (Å²) in [5, 5.41) is 20.6. The predicted molar refractivity (Wildman–Crippen MR) is 68.1 cm³/mol. The van der Waals surface area contributed by atoms with Crippen LogP contribution in [0.15, 0.2) is 23.4 Å². The minimum Gasteiger partial charge on any atom is -0.506 e. The van der Waals surface area contributed by atoms with E-state index in [2.05, 4.69) is 5.16 Å². The number of hydrogen-bond donors (Lipinski definition) is 3. The van der Waals surface area contributed by atoms with Gasteiger partial charge in [-0.15, -0.1) is 0 Å². The Labute approximate surface area is 109 Å². The Bertz CT molecular complexity index is 477. The first kappa shape index (κ1) is 14.1. The molecule has 0 bridgehead atoms. The van der Waals surface area contributed by atoms with Crippen LogP contribution < -0.4 is 5.73 Å². The standard InChI is InChI=1S/C11H14ClN3O3/c1-15(5-4-10(13)14-18)11(17)7-2-3-9(16)8(12)6-7/h2-3,6,16,18H,4-5H2,1H3,(H2,13,14). The lowest BCUT2D eigenvalue weighted by Gasteiger charge is -2.16. The molecule has 0 radical (unpaired) electrons. The first-order valence-corrected chi connectivity index (χ1v) is 5.54. The molecule has 0 aliphatic rings. The fourth-order valence-electron chi connectivity index (χ4n) is 1.29. The van der Waals surface area contributed by atoms with Crippen LogP contribution in [0.2, 0.25) is 5.02 Å². The Kier molecular flexibility index (Phi) is 4.79. The molecule has 6 nitrogen and oxygen atoms in total. The number of aromatic hydroxyl groups is 1. The SMILES string of the molecule is CN(CC/C(N)=N/O)C(=O)c1ccc(O)c(Cl)c1. The number of hydrogen-bond acceptors (Lipinski definition) is 4. The summed E-state index contributed by atoms with van der Waals surface area (Å²) in [4.78, 5) is 13.4. The number of amides is 1. The molecule has 7 heteroatoms. The quantitative estimate of drug-likeness (QED) is 0.332. The maximum Gasteiger partial charge on any atom is 0.253 e. The molecule has 0 saturated carbocycles. The second-order valence-electron chi connectivity index (χ2n) is 3.73. The third-order valence-electron chi connectivity index (χ3n) is 2.37. The molecule has 0 heterocycles. The number of benzene rings is 1. The van der Waals surface area contributed by atoms with Crippen LogP contribution in [-0.2, 0) is 0 Å². The van der Waals surface area contributed by atoms with Gasteiger partial charge in [0.1, 0.15) is 11.6 Å². The Morgan fingerprint density at radius 1 is 1.56 bits per heavy atom. The zero-order valence-electron chi connectivity index (χ0n) is 9.80. The van der Waals surface area contributed by atoms with E-state index in [9.17, 15) is 9.90 Å². The average Bonchev–Trinajstić information content (AvgIpc) is 2.37. The molecule has 0 unspecified atom stereocenters. The van der Waals surface area contributed by atoms with E-state index >= 15 is 0 Å². The summed E-state index contributed by atoms with van der Waals surface area (Å²) in [6.45, 7) is 0.313. The summed E-state index contributed by atoms with van der Waals surface area (Å²) in [6.07, 6.45) is 0.268. The van der Waals surface area contributed by atoms with Crippen LogP contribution in [0, 0.1) is 0 Å². The number of carbonyl (C=O) groups excluding carboxylic acids is 1. The van der Waals surface area contributed by atoms with Crippen molar-refractivity contribution >= 4 is 23.3 Å². The highest BCUT2D eigenvalue weighted by Crippen LogP contribution is 2.24. The molecule has 0 aliphatic carbocycles. The molecular weight excluding hydrogens is 258 g/mol. The van der Waals surface area contributed by atoms with Crippen LogP contribution in [0.4, 0.5) is 0 Å². The zero-order chi connectivity index (χ0) is 13.7. The second kappa shape index (κ2) is 6.11. The van der Waals surface area contributed by atoms with Crippen LogP contribution in [0.25, 0.3) is 0 Å². The largest absolute Gasteiger partial charge is 0.506 e. The van der Waals surface area contributed by atoms with Crippen LogP contribution in [-0.4, -0.2) is 40.5 Å². The van der Waals surface area contributed by atoms with Gasteiger partial charge in [-0.2, -0.15) is 0 Å². The van der Waals surface area contributed by atoms with Crippen molar-refractivity contribution in [1.82, 2.24) is 4.90 Å². The fraction of sp³-hybridized carbons (Fsp3) is 0.273. The van der Waals surface area contributed by atoms with Crippen LogP contribution in [0.1, 0.15) is 16.8 Å². The van der Waals surface area contributed by atoms with E-state index in [1.54, 1.807) is 7.05 Å². The van der Waals surface area contributed by atoms with Gasteiger partial charge < -0.3 is 20.9 Å². The molecule has 0 fully saturated rings. The van der Waals surface area contributed by atoms with Gasteiger partial charge in [-0.05, 0) is 18.2 Å². The van der Waals surface area contributed by atoms with Crippen molar-refractivity contribution in [2.24, 2.45) is 10.9 Å². The molecule has 1 amide bonds. The third kappa shape index (κ3) is 3.53. The smallest absolute Gasteiger partial charge is 0.253 e. The van der Waals surface area contributed by atoms with Gasteiger partial charge in [0.2, 0.25) is 0 Å². The summed E-state index contributed by atoms with van der Waals surface area (Å²) in [5.41, 5.74) is 5.67. The van der Waals surface area contributed by atoms with E-state index in [4.69, 9.17) is 22.5 Å². The molecule has 0 aliphatic heterocycles. The van der Waals surface area contributed by atoms with Crippen LogP contribution in [0.5, 0.6) is 5.75 Å².